The van der Waals surface area contributed by atoms with Gasteiger partial charge in [0.25, 0.3) is 5.91 Å². The van der Waals surface area contributed by atoms with Crippen molar-refractivity contribution in [3.63, 3.8) is 0 Å². The Morgan fingerprint density at radius 3 is 2.87 bits per heavy atom. The molecular formula is C16H18ClN3O2S. The van der Waals surface area contributed by atoms with Crippen molar-refractivity contribution in [3.05, 3.63) is 34.6 Å². The Labute approximate surface area is 143 Å². The summed E-state index contributed by atoms with van der Waals surface area (Å²) in [6.45, 7) is 0.252. The van der Waals surface area contributed by atoms with Crippen LogP contribution in [0.3, 0.4) is 0 Å². The van der Waals surface area contributed by atoms with Gasteiger partial charge in [-0.25, -0.2) is 4.98 Å². The van der Waals surface area contributed by atoms with E-state index in [0.29, 0.717) is 9.88 Å². The smallest absolute Gasteiger partial charge is 0.264 e. The molecule has 1 aliphatic carbocycles. The number of thiazole rings is 1. The molecule has 0 atom stereocenters. The minimum Gasteiger partial charge on any atom is -0.388 e. The summed E-state index contributed by atoms with van der Waals surface area (Å²) in [5, 5.41) is 14.1. The average Bonchev–Trinajstić information content (AvgIpc) is 2.96. The fourth-order valence-corrected chi connectivity index (χ4v) is 3.97. The van der Waals surface area contributed by atoms with Gasteiger partial charge in [0.15, 0.2) is 5.15 Å². The van der Waals surface area contributed by atoms with Gasteiger partial charge in [0.2, 0.25) is 0 Å². The Kier molecular flexibility index (Phi) is 4.94. The molecule has 3 rings (SSSR count). The summed E-state index contributed by atoms with van der Waals surface area (Å²) < 4.78 is 0. The summed E-state index contributed by atoms with van der Waals surface area (Å²) in [6, 6.07) is 3.68. The molecule has 0 aliphatic heterocycles. The Balaban J connectivity index is 1.69. The highest BCUT2D eigenvalue weighted by atomic mass is 35.5. The third kappa shape index (κ3) is 3.88. The number of rotatable bonds is 4. The summed E-state index contributed by atoms with van der Waals surface area (Å²) in [6.07, 6.45) is 7.96. The normalized spacial score (nSPS) is 17.0. The molecule has 0 aromatic carbocycles. The molecule has 2 aromatic rings. The molecule has 1 fully saturated rings. The number of hydrogen-bond donors (Lipinski definition) is 2. The summed E-state index contributed by atoms with van der Waals surface area (Å²) in [5.74, 6) is -0.290. The second kappa shape index (κ2) is 6.95. The van der Waals surface area contributed by atoms with Gasteiger partial charge in [-0.2, -0.15) is 0 Å². The number of nitrogens with one attached hydrogen (secondary N) is 1. The largest absolute Gasteiger partial charge is 0.388 e. The lowest BCUT2D eigenvalue weighted by molar-refractivity contribution is 0.00529. The van der Waals surface area contributed by atoms with E-state index in [-0.39, 0.29) is 17.6 Å². The summed E-state index contributed by atoms with van der Waals surface area (Å²) >= 11 is 7.33. The zero-order valence-electron chi connectivity index (χ0n) is 12.6. The third-order valence-corrected chi connectivity index (χ3v) is 5.55. The van der Waals surface area contributed by atoms with Crippen LogP contribution in [0.25, 0.3) is 10.6 Å². The zero-order valence-corrected chi connectivity index (χ0v) is 14.2. The highest BCUT2D eigenvalue weighted by Crippen LogP contribution is 2.31. The number of nitrogens with zero attached hydrogens (tertiary/aromatic N) is 2. The Morgan fingerprint density at radius 2 is 2.17 bits per heavy atom. The molecule has 0 saturated heterocycles. The van der Waals surface area contributed by atoms with Gasteiger partial charge in [-0.05, 0) is 25.0 Å². The van der Waals surface area contributed by atoms with Crippen molar-refractivity contribution >= 4 is 28.8 Å². The maximum absolute atomic E-state index is 12.3. The van der Waals surface area contributed by atoms with E-state index in [4.69, 9.17) is 11.6 Å². The van der Waals surface area contributed by atoms with Crippen LogP contribution in [0.5, 0.6) is 0 Å². The van der Waals surface area contributed by atoms with Gasteiger partial charge < -0.3 is 10.4 Å². The topological polar surface area (TPSA) is 75.1 Å². The van der Waals surface area contributed by atoms with Crippen LogP contribution in [0.15, 0.2) is 24.5 Å². The van der Waals surface area contributed by atoms with Gasteiger partial charge in [0.1, 0.15) is 9.88 Å². The molecule has 7 heteroatoms. The van der Waals surface area contributed by atoms with Crippen molar-refractivity contribution in [1.82, 2.24) is 15.3 Å². The van der Waals surface area contributed by atoms with Crippen LogP contribution < -0.4 is 5.32 Å². The number of hydrogen-bond acceptors (Lipinski definition) is 5. The van der Waals surface area contributed by atoms with Crippen LogP contribution in [0.1, 0.15) is 41.8 Å². The summed E-state index contributed by atoms with van der Waals surface area (Å²) in [7, 11) is 0. The number of halogens is 1. The first-order valence-electron chi connectivity index (χ1n) is 7.65. The van der Waals surface area contributed by atoms with Crippen LogP contribution in [-0.2, 0) is 0 Å². The minimum absolute atomic E-state index is 0.182. The number of amides is 1. The zero-order chi connectivity index (χ0) is 16.3. The van der Waals surface area contributed by atoms with Crippen molar-refractivity contribution in [2.45, 2.75) is 37.7 Å². The van der Waals surface area contributed by atoms with Crippen molar-refractivity contribution in [3.8, 4) is 10.6 Å². The quantitative estimate of drug-likeness (QED) is 0.886. The van der Waals surface area contributed by atoms with Gasteiger partial charge in [-0.3, -0.25) is 9.78 Å². The molecule has 2 heterocycles. The van der Waals surface area contributed by atoms with E-state index in [9.17, 15) is 9.90 Å². The maximum atomic E-state index is 12.3. The van der Waals surface area contributed by atoms with Crippen molar-refractivity contribution < 1.29 is 9.90 Å². The first-order chi connectivity index (χ1) is 11.1. The van der Waals surface area contributed by atoms with Gasteiger partial charge in [-0.1, -0.05) is 30.9 Å². The Bertz CT molecular complexity index is 684. The number of pyridine rings is 1. The molecule has 1 amide bonds. The van der Waals surface area contributed by atoms with Crippen LogP contribution in [-0.4, -0.2) is 33.1 Å². The Morgan fingerprint density at radius 1 is 1.39 bits per heavy atom. The van der Waals surface area contributed by atoms with Crippen molar-refractivity contribution in [1.29, 1.82) is 0 Å². The number of carbonyl (C=O) groups excluding carboxylic acids is 1. The van der Waals surface area contributed by atoms with E-state index in [1.54, 1.807) is 12.4 Å². The highest BCUT2D eigenvalue weighted by molar-refractivity contribution is 7.17. The molecule has 0 spiro atoms. The maximum Gasteiger partial charge on any atom is 0.264 e. The second-order valence-corrected chi connectivity index (χ2v) is 7.21. The van der Waals surface area contributed by atoms with Gasteiger partial charge >= 0.3 is 0 Å². The van der Waals surface area contributed by atoms with Crippen molar-refractivity contribution in [2.24, 2.45) is 0 Å². The predicted molar refractivity (Wildman–Crippen MR) is 90.7 cm³/mol. The number of aromatic nitrogens is 2. The summed E-state index contributed by atoms with van der Waals surface area (Å²) in [4.78, 5) is 21.0. The molecule has 23 heavy (non-hydrogen) atoms. The molecule has 0 radical (unpaired) electrons. The van der Waals surface area contributed by atoms with Crippen LogP contribution >= 0.6 is 22.9 Å². The monoisotopic (exact) mass is 351 g/mol. The average molecular weight is 352 g/mol. The fraction of sp³-hybridized carbons (Fsp3) is 0.438. The molecule has 2 N–H and O–H groups in total. The first kappa shape index (κ1) is 16.4. The predicted octanol–water partition coefficient (Wildman–Crippen LogP) is 3.28. The van der Waals surface area contributed by atoms with E-state index in [1.165, 1.54) is 11.3 Å². The number of aliphatic hydroxyl groups is 1. The molecule has 122 valence electrons. The lowest BCUT2D eigenvalue weighted by Gasteiger charge is -2.32. The van der Waals surface area contributed by atoms with E-state index >= 15 is 0 Å². The van der Waals surface area contributed by atoms with E-state index in [0.717, 1.165) is 37.7 Å². The molecule has 0 unspecified atom stereocenters. The van der Waals surface area contributed by atoms with E-state index in [2.05, 4.69) is 15.3 Å². The molecule has 1 aliphatic rings. The second-order valence-electron chi connectivity index (χ2n) is 5.85. The van der Waals surface area contributed by atoms with Crippen LogP contribution in [0.4, 0.5) is 0 Å². The molecule has 2 aromatic heterocycles. The van der Waals surface area contributed by atoms with Gasteiger partial charge in [-0.15, -0.1) is 11.3 Å². The molecular weight excluding hydrogens is 334 g/mol. The standard InChI is InChI=1S/C16H18ClN3O2S/c17-13-12(23-15(20-13)11-5-4-8-18-9-11)14(21)19-10-16(22)6-2-1-3-7-16/h4-5,8-9,22H,1-3,6-7,10H2,(H,19,21). The van der Waals surface area contributed by atoms with Gasteiger partial charge in [0, 0.05) is 24.5 Å². The third-order valence-electron chi connectivity index (χ3n) is 4.06. The van der Waals surface area contributed by atoms with E-state index < -0.39 is 5.60 Å². The van der Waals surface area contributed by atoms with Crippen LogP contribution in [0.2, 0.25) is 5.15 Å². The molecule has 0 bridgehead atoms. The van der Waals surface area contributed by atoms with E-state index in [1.807, 2.05) is 12.1 Å². The van der Waals surface area contributed by atoms with Crippen LogP contribution in [0, 0.1) is 0 Å². The van der Waals surface area contributed by atoms with Gasteiger partial charge in [0.05, 0.1) is 5.60 Å². The molecule has 5 nitrogen and oxygen atoms in total. The lowest BCUT2D eigenvalue weighted by atomic mass is 9.85. The molecule has 1 saturated carbocycles. The lowest BCUT2D eigenvalue weighted by Crippen LogP contribution is -2.44. The number of carbonyl (C=O) groups is 1. The summed E-state index contributed by atoms with van der Waals surface area (Å²) in [5.41, 5.74) is 0.0291. The van der Waals surface area contributed by atoms with Crippen molar-refractivity contribution in [2.75, 3.05) is 6.54 Å². The SMILES string of the molecule is O=C(NCC1(O)CCCCC1)c1sc(-c2cccnc2)nc1Cl. The Hall–Kier alpha value is -1.50. The fourth-order valence-electron chi connectivity index (χ4n) is 2.77. The highest BCUT2D eigenvalue weighted by Gasteiger charge is 2.30. The minimum atomic E-state index is -0.794. The first-order valence-corrected chi connectivity index (χ1v) is 8.84.